The van der Waals surface area contributed by atoms with Gasteiger partial charge in [0.15, 0.2) is 0 Å². The van der Waals surface area contributed by atoms with Gasteiger partial charge in [0.25, 0.3) is 5.91 Å². The molecule has 2 aromatic rings. The van der Waals surface area contributed by atoms with Crippen LogP contribution in [-0.4, -0.2) is 17.8 Å². The number of primary amides is 1. The molecule has 0 fully saturated rings. The number of carbonyl (C=O) groups is 3. The third-order valence-electron chi connectivity index (χ3n) is 3.09. The Labute approximate surface area is 138 Å². The fourth-order valence-corrected chi connectivity index (χ4v) is 2.08. The number of urea groups is 1. The topological polar surface area (TPSA) is 92.5 Å². The molecule has 0 aliphatic carbocycles. The Hall–Kier alpha value is -2.80. The quantitative estimate of drug-likeness (QED) is 0.754. The number of amides is 4. The fourth-order valence-electron chi connectivity index (χ4n) is 1.89. The van der Waals surface area contributed by atoms with Gasteiger partial charge in [-0.3, -0.25) is 14.9 Å². The number of imide groups is 1. The lowest BCUT2D eigenvalue weighted by molar-refractivity contribution is 0.0964. The summed E-state index contributed by atoms with van der Waals surface area (Å²) in [7, 11) is 0. The number of thiol groups is 1. The molecule has 2 aromatic carbocycles. The Morgan fingerprint density at radius 3 is 2.26 bits per heavy atom. The Bertz CT molecular complexity index is 759. The van der Waals surface area contributed by atoms with Crippen LogP contribution in [0.2, 0.25) is 0 Å². The van der Waals surface area contributed by atoms with Crippen LogP contribution in [0.5, 0.6) is 0 Å². The highest BCUT2D eigenvalue weighted by molar-refractivity contribution is 7.82. The van der Waals surface area contributed by atoms with Gasteiger partial charge in [-0.25, -0.2) is 9.10 Å². The number of nitrogens with two attached hydrogens (primary N) is 1. The van der Waals surface area contributed by atoms with Gasteiger partial charge in [-0.15, -0.1) is 0 Å². The van der Waals surface area contributed by atoms with Crippen molar-refractivity contribution in [2.45, 2.75) is 6.92 Å². The maximum Gasteiger partial charge on any atom is 0.338 e. The molecule has 118 valence electrons. The number of rotatable bonds is 3. The molecule has 0 radical (unpaired) electrons. The van der Waals surface area contributed by atoms with Gasteiger partial charge >= 0.3 is 6.03 Å². The number of carbonyl (C=O) groups excluding carboxylic acids is 3. The van der Waals surface area contributed by atoms with Crippen molar-refractivity contribution in [1.82, 2.24) is 5.32 Å². The molecule has 0 saturated carbocycles. The average molecular weight is 329 g/mol. The first kappa shape index (κ1) is 16.6. The number of aryl methyl sites for hydroxylation is 1. The summed E-state index contributed by atoms with van der Waals surface area (Å²) < 4.78 is 0.971. The first-order valence-electron chi connectivity index (χ1n) is 6.69. The summed E-state index contributed by atoms with van der Waals surface area (Å²) >= 11 is 4.06. The van der Waals surface area contributed by atoms with E-state index in [0.29, 0.717) is 16.8 Å². The minimum Gasteiger partial charge on any atom is -0.366 e. The number of hydrogen-bond donors (Lipinski definition) is 3. The van der Waals surface area contributed by atoms with Crippen molar-refractivity contribution in [1.29, 1.82) is 0 Å². The number of benzene rings is 2. The summed E-state index contributed by atoms with van der Waals surface area (Å²) in [6, 6.07) is 12.1. The number of nitrogens with zero attached hydrogens (tertiary/aromatic N) is 1. The van der Waals surface area contributed by atoms with E-state index in [2.05, 4.69) is 18.1 Å². The van der Waals surface area contributed by atoms with Crippen LogP contribution in [0.3, 0.4) is 0 Å². The number of nitrogens with one attached hydrogen (secondary N) is 1. The first-order valence-corrected chi connectivity index (χ1v) is 7.09. The molecular formula is C16H15N3O3S. The highest BCUT2D eigenvalue weighted by Crippen LogP contribution is 2.17. The number of hydrogen-bond acceptors (Lipinski definition) is 4. The smallest absolute Gasteiger partial charge is 0.338 e. The van der Waals surface area contributed by atoms with Crippen LogP contribution in [0, 0.1) is 6.92 Å². The van der Waals surface area contributed by atoms with Gasteiger partial charge in [-0.05, 0) is 43.3 Å². The van der Waals surface area contributed by atoms with Gasteiger partial charge in [-0.2, -0.15) is 0 Å². The number of anilines is 1. The van der Waals surface area contributed by atoms with Crippen molar-refractivity contribution in [2.75, 3.05) is 4.31 Å². The maximum absolute atomic E-state index is 12.1. The van der Waals surface area contributed by atoms with Crippen molar-refractivity contribution in [2.24, 2.45) is 5.73 Å². The molecule has 7 heteroatoms. The minimum atomic E-state index is -0.702. The van der Waals surface area contributed by atoms with E-state index in [1.54, 1.807) is 18.2 Å². The molecule has 0 heterocycles. The van der Waals surface area contributed by atoms with Gasteiger partial charge in [0, 0.05) is 11.1 Å². The zero-order chi connectivity index (χ0) is 17.0. The van der Waals surface area contributed by atoms with Gasteiger partial charge in [0.2, 0.25) is 5.91 Å². The summed E-state index contributed by atoms with van der Waals surface area (Å²) in [6.45, 7) is 1.85. The van der Waals surface area contributed by atoms with E-state index in [-0.39, 0.29) is 0 Å². The Balaban J connectivity index is 2.07. The van der Waals surface area contributed by atoms with Crippen LogP contribution in [0.15, 0.2) is 48.5 Å². The summed E-state index contributed by atoms with van der Waals surface area (Å²) in [5.41, 5.74) is 7.15. The van der Waals surface area contributed by atoms with Crippen molar-refractivity contribution in [3.63, 3.8) is 0 Å². The highest BCUT2D eigenvalue weighted by Gasteiger charge is 2.16. The van der Waals surface area contributed by atoms with Gasteiger partial charge in [0.1, 0.15) is 0 Å². The summed E-state index contributed by atoms with van der Waals surface area (Å²) in [6.07, 6.45) is 0. The van der Waals surface area contributed by atoms with Gasteiger partial charge in [0.05, 0.1) is 5.69 Å². The van der Waals surface area contributed by atoms with Gasteiger partial charge in [-0.1, -0.05) is 30.5 Å². The third-order valence-corrected chi connectivity index (χ3v) is 3.50. The normalized spacial score (nSPS) is 10.0. The largest absolute Gasteiger partial charge is 0.366 e. The van der Waals surface area contributed by atoms with Crippen LogP contribution >= 0.6 is 12.8 Å². The van der Waals surface area contributed by atoms with Crippen molar-refractivity contribution in [3.8, 4) is 0 Å². The molecule has 0 aromatic heterocycles. The second-order valence-corrected chi connectivity index (χ2v) is 5.25. The third kappa shape index (κ3) is 4.10. The van der Waals surface area contributed by atoms with Crippen LogP contribution in [-0.2, 0) is 0 Å². The summed E-state index contributed by atoms with van der Waals surface area (Å²) in [5, 5.41) is 2.24. The van der Waals surface area contributed by atoms with E-state index in [4.69, 9.17) is 5.73 Å². The van der Waals surface area contributed by atoms with Crippen LogP contribution < -0.4 is 15.4 Å². The lowest BCUT2D eigenvalue weighted by Crippen LogP contribution is -2.38. The molecule has 0 unspecified atom stereocenters. The van der Waals surface area contributed by atoms with Crippen molar-refractivity contribution >= 4 is 36.3 Å². The summed E-state index contributed by atoms with van der Waals surface area (Å²) in [5.74, 6) is -1.09. The lowest BCUT2D eigenvalue weighted by atomic mass is 10.1. The molecule has 6 nitrogen and oxygen atoms in total. The minimum absolute atomic E-state index is 0.312. The van der Waals surface area contributed by atoms with Gasteiger partial charge < -0.3 is 5.73 Å². The molecule has 3 N–H and O–H groups in total. The van der Waals surface area contributed by atoms with Crippen molar-refractivity contribution < 1.29 is 14.4 Å². The lowest BCUT2D eigenvalue weighted by Gasteiger charge is -2.16. The average Bonchev–Trinajstić information content (AvgIpc) is 2.54. The predicted molar refractivity (Wildman–Crippen MR) is 90.5 cm³/mol. The van der Waals surface area contributed by atoms with E-state index in [1.807, 2.05) is 13.0 Å². The molecule has 4 amide bonds. The Kier molecular flexibility index (Phi) is 5.02. The zero-order valence-electron chi connectivity index (χ0n) is 12.3. The molecule has 0 atom stereocenters. The monoisotopic (exact) mass is 329 g/mol. The maximum atomic E-state index is 12.1. The summed E-state index contributed by atoms with van der Waals surface area (Å²) in [4.78, 5) is 35.1. The van der Waals surface area contributed by atoms with E-state index in [1.165, 1.54) is 24.3 Å². The standard InChI is InChI=1S/C16H15N3O3S/c1-10-3-2-4-12(9-10)15(21)18-16(22)19(23)13-7-5-11(6-8-13)14(17)20/h2-9,23H,1H3,(H2,17,20)(H,18,21,22). The Morgan fingerprint density at radius 1 is 1.04 bits per heavy atom. The molecule has 2 rings (SSSR count). The first-order chi connectivity index (χ1) is 10.9. The van der Waals surface area contributed by atoms with Crippen LogP contribution in [0.25, 0.3) is 0 Å². The van der Waals surface area contributed by atoms with E-state index >= 15 is 0 Å². The van der Waals surface area contributed by atoms with Crippen LogP contribution in [0.1, 0.15) is 26.3 Å². The van der Waals surface area contributed by atoms with Crippen molar-refractivity contribution in [3.05, 3.63) is 65.2 Å². The molecule has 0 saturated heterocycles. The van der Waals surface area contributed by atoms with Crippen LogP contribution in [0.4, 0.5) is 10.5 Å². The fraction of sp³-hybridized carbons (Fsp3) is 0.0625. The van der Waals surface area contributed by atoms with E-state index in [0.717, 1.165) is 9.87 Å². The van der Waals surface area contributed by atoms with E-state index in [9.17, 15) is 14.4 Å². The Morgan fingerprint density at radius 2 is 1.70 bits per heavy atom. The second-order valence-electron chi connectivity index (χ2n) is 4.85. The molecule has 0 aliphatic rings. The second kappa shape index (κ2) is 6.97. The highest BCUT2D eigenvalue weighted by atomic mass is 32.1. The molecule has 0 spiro atoms. The molecule has 23 heavy (non-hydrogen) atoms. The zero-order valence-corrected chi connectivity index (χ0v) is 13.2. The molecular weight excluding hydrogens is 314 g/mol. The van der Waals surface area contributed by atoms with E-state index < -0.39 is 17.8 Å². The molecule has 0 bridgehead atoms. The SMILES string of the molecule is Cc1cccc(C(=O)NC(=O)N(S)c2ccc(C(N)=O)cc2)c1. The molecule has 0 aliphatic heterocycles. The predicted octanol–water partition coefficient (Wildman–Crippen LogP) is 2.30.